The van der Waals surface area contributed by atoms with Crippen LogP contribution in [-0.2, 0) is 14.3 Å². The van der Waals surface area contributed by atoms with Crippen LogP contribution in [0.2, 0.25) is 0 Å². The molecule has 0 amide bonds. The first kappa shape index (κ1) is 21.5. The molecule has 1 N–H and O–H groups in total. The number of nitrogens with one attached hydrogen (secondary N) is 1. The lowest BCUT2D eigenvalue weighted by Gasteiger charge is -2.31. The topological polar surface area (TPSA) is 102 Å². The van der Waals surface area contributed by atoms with E-state index in [1.165, 1.54) is 20.8 Å². The molecule has 1 fully saturated rings. The molecule has 0 radical (unpaired) electrons. The third-order valence-corrected chi connectivity index (χ3v) is 5.95. The summed E-state index contributed by atoms with van der Waals surface area (Å²) >= 11 is 3.42. The van der Waals surface area contributed by atoms with Crippen molar-refractivity contribution in [1.82, 2.24) is 14.6 Å². The molecule has 0 aliphatic carbocycles. The summed E-state index contributed by atoms with van der Waals surface area (Å²) in [5, 5.41) is 17.3. The van der Waals surface area contributed by atoms with Crippen LogP contribution in [0.4, 0.5) is 10.3 Å². The highest BCUT2D eigenvalue weighted by Gasteiger charge is 2.34. The summed E-state index contributed by atoms with van der Waals surface area (Å²) in [5.41, 5.74) is -0.185. The van der Waals surface area contributed by atoms with Crippen molar-refractivity contribution in [2.45, 2.75) is 57.8 Å². The van der Waals surface area contributed by atoms with E-state index in [2.05, 4.69) is 37.4 Å². The van der Waals surface area contributed by atoms with Crippen molar-refractivity contribution < 1.29 is 18.7 Å². The van der Waals surface area contributed by atoms with Gasteiger partial charge in [0.1, 0.15) is 17.8 Å². The number of aromatic nitrogens is 3. The normalized spacial score (nSPS) is 20.9. The van der Waals surface area contributed by atoms with Gasteiger partial charge in [0.05, 0.1) is 40.1 Å². The monoisotopic (exact) mass is 467 g/mol. The average Bonchev–Trinajstić information content (AvgIpc) is 2.92. The quantitative estimate of drug-likeness (QED) is 0.672. The van der Waals surface area contributed by atoms with Gasteiger partial charge < -0.3 is 14.8 Å². The number of carbonyl (C=O) groups is 1. The highest BCUT2D eigenvalue weighted by molar-refractivity contribution is 9.10. The van der Waals surface area contributed by atoms with Gasteiger partial charge >= 0.3 is 5.97 Å². The first-order valence-corrected chi connectivity index (χ1v) is 10.1. The van der Waals surface area contributed by atoms with Crippen molar-refractivity contribution in [3.63, 3.8) is 0 Å². The molecule has 2 aromatic heterocycles. The molecule has 1 aliphatic heterocycles. The number of rotatable bonds is 5. The maximum atomic E-state index is 14.7. The van der Waals surface area contributed by atoms with E-state index < -0.39 is 23.7 Å². The van der Waals surface area contributed by atoms with Gasteiger partial charge in [-0.3, -0.25) is 4.79 Å². The second kappa shape index (κ2) is 8.24. The molecule has 3 rings (SSSR count). The molecule has 29 heavy (non-hydrogen) atoms. The zero-order chi connectivity index (χ0) is 21.3. The van der Waals surface area contributed by atoms with Crippen LogP contribution in [0.3, 0.4) is 0 Å². The number of carbonyl (C=O) groups excluding carboxylic acids is 1. The van der Waals surface area contributed by atoms with Gasteiger partial charge in [-0.1, -0.05) is 6.92 Å². The summed E-state index contributed by atoms with van der Waals surface area (Å²) in [6, 6.07) is 1.92. The number of nitrogens with zero attached hydrogens (tertiary/aromatic N) is 4. The van der Waals surface area contributed by atoms with Gasteiger partial charge in [-0.2, -0.15) is 5.26 Å². The number of esters is 1. The molecule has 3 heterocycles. The molecule has 1 aliphatic rings. The van der Waals surface area contributed by atoms with E-state index in [1.54, 1.807) is 17.6 Å². The summed E-state index contributed by atoms with van der Waals surface area (Å²) in [4.78, 5) is 15.7. The Bertz CT molecular complexity index is 965. The van der Waals surface area contributed by atoms with Crippen molar-refractivity contribution in [3.05, 3.63) is 21.9 Å². The van der Waals surface area contributed by atoms with Crippen LogP contribution < -0.4 is 5.32 Å². The summed E-state index contributed by atoms with van der Waals surface area (Å²) < 4.78 is 27.5. The van der Waals surface area contributed by atoms with Gasteiger partial charge in [0.2, 0.25) is 5.95 Å². The molecule has 3 atom stereocenters. The highest BCUT2D eigenvalue weighted by Crippen LogP contribution is 2.38. The van der Waals surface area contributed by atoms with Gasteiger partial charge in [0, 0.05) is 19.4 Å². The first-order chi connectivity index (χ1) is 13.6. The molecule has 1 unspecified atom stereocenters. The van der Waals surface area contributed by atoms with E-state index in [0.717, 1.165) is 0 Å². The Kier molecular flexibility index (Phi) is 6.10. The number of nitriles is 1. The number of anilines is 1. The van der Waals surface area contributed by atoms with Crippen LogP contribution in [0.1, 0.15) is 51.3 Å². The maximum absolute atomic E-state index is 14.7. The highest BCUT2D eigenvalue weighted by atomic mass is 79.9. The largest absolute Gasteiger partial charge is 0.458 e. The lowest BCUT2D eigenvalue weighted by atomic mass is 9.90. The van der Waals surface area contributed by atoms with Crippen molar-refractivity contribution in [2.75, 3.05) is 18.5 Å². The van der Waals surface area contributed by atoms with Crippen molar-refractivity contribution >= 4 is 33.4 Å². The Hall–Kier alpha value is -2.25. The van der Waals surface area contributed by atoms with E-state index >= 15 is 0 Å². The molecule has 0 aromatic carbocycles. The Morgan fingerprint density at radius 2 is 2.31 bits per heavy atom. The summed E-state index contributed by atoms with van der Waals surface area (Å²) in [7, 11) is 0. The Morgan fingerprint density at radius 1 is 1.59 bits per heavy atom. The average molecular weight is 468 g/mol. The second-order valence-electron chi connectivity index (χ2n) is 7.61. The third kappa shape index (κ3) is 4.36. The van der Waals surface area contributed by atoms with Crippen LogP contribution in [0.15, 0.2) is 10.7 Å². The third-order valence-electron chi connectivity index (χ3n) is 5.15. The fourth-order valence-electron chi connectivity index (χ4n) is 3.30. The van der Waals surface area contributed by atoms with Crippen LogP contribution >= 0.6 is 15.9 Å². The first-order valence-electron chi connectivity index (χ1n) is 9.31. The van der Waals surface area contributed by atoms with E-state index in [1.807, 2.05) is 0 Å². The van der Waals surface area contributed by atoms with E-state index in [9.17, 15) is 14.4 Å². The minimum absolute atomic E-state index is 0.224. The van der Waals surface area contributed by atoms with Gasteiger partial charge in [-0.25, -0.2) is 13.9 Å². The molecule has 0 spiro atoms. The predicted octanol–water partition coefficient (Wildman–Crippen LogP) is 3.35. The van der Waals surface area contributed by atoms with Crippen LogP contribution in [0.5, 0.6) is 0 Å². The Balaban J connectivity index is 2.01. The number of hydrogen-bond acceptors (Lipinski definition) is 7. The Labute approximate surface area is 176 Å². The minimum atomic E-state index is -1.56. The zero-order valence-electron chi connectivity index (χ0n) is 16.7. The fraction of sp³-hybridized carbons (Fsp3) is 0.579. The number of fused-ring (bicyclic) bond motifs is 1. The number of ether oxygens (including phenoxy) is 2. The van der Waals surface area contributed by atoms with E-state index in [4.69, 9.17) is 9.47 Å². The number of hydrogen-bond donors (Lipinski definition) is 1. The van der Waals surface area contributed by atoms with E-state index in [0.29, 0.717) is 40.2 Å². The second-order valence-corrected chi connectivity index (χ2v) is 8.41. The SMILES string of the molecule is CC(=O)O[C@@H]1COCC[C@H]1Nc1ncc2c(Br)c(C#N)c(C(C)C(C)(C)F)n2n1. The fourth-order valence-corrected chi connectivity index (χ4v) is 3.86. The molecular weight excluding hydrogens is 445 g/mol. The molecule has 10 heteroatoms. The number of alkyl halides is 1. The zero-order valence-corrected chi connectivity index (χ0v) is 18.3. The lowest BCUT2D eigenvalue weighted by Crippen LogP contribution is -2.44. The smallest absolute Gasteiger partial charge is 0.303 e. The van der Waals surface area contributed by atoms with Crippen LogP contribution in [0, 0.1) is 11.3 Å². The standard InChI is InChI=1S/C19H23BrFN5O3/c1-10(19(3,4)21)17-12(7-22)16(20)14-8-23-18(25-26(14)17)24-13-5-6-28-9-15(13)29-11(2)27/h8,10,13,15H,5-6,9H2,1-4H3,(H,24,25)/t10?,13-,15-/m1/s1. The number of halogens is 2. The minimum Gasteiger partial charge on any atom is -0.458 e. The summed E-state index contributed by atoms with van der Waals surface area (Å²) in [5.74, 6) is -0.688. The van der Waals surface area contributed by atoms with Gasteiger partial charge in [0.15, 0.2) is 0 Å². The Morgan fingerprint density at radius 3 is 2.93 bits per heavy atom. The lowest BCUT2D eigenvalue weighted by molar-refractivity contribution is -0.153. The van der Waals surface area contributed by atoms with Crippen LogP contribution in [-0.4, -0.2) is 51.6 Å². The summed E-state index contributed by atoms with van der Waals surface area (Å²) in [6.45, 7) is 6.81. The van der Waals surface area contributed by atoms with E-state index in [-0.39, 0.29) is 12.6 Å². The van der Waals surface area contributed by atoms with Gasteiger partial charge in [-0.15, -0.1) is 5.10 Å². The van der Waals surface area contributed by atoms with Crippen molar-refractivity contribution in [3.8, 4) is 6.07 Å². The molecule has 8 nitrogen and oxygen atoms in total. The predicted molar refractivity (Wildman–Crippen MR) is 107 cm³/mol. The summed E-state index contributed by atoms with van der Waals surface area (Å²) in [6.07, 6.45) is 1.72. The molecule has 0 saturated carbocycles. The molecule has 2 aromatic rings. The molecular formula is C19H23BrFN5O3. The van der Waals surface area contributed by atoms with Crippen molar-refractivity contribution in [1.29, 1.82) is 5.26 Å². The van der Waals surface area contributed by atoms with Gasteiger partial charge in [-0.05, 0) is 36.2 Å². The molecule has 0 bridgehead atoms. The van der Waals surface area contributed by atoms with Crippen molar-refractivity contribution in [2.24, 2.45) is 0 Å². The molecule has 156 valence electrons. The maximum Gasteiger partial charge on any atom is 0.303 e. The molecule has 1 saturated heterocycles. The van der Waals surface area contributed by atoms with Gasteiger partial charge in [0.25, 0.3) is 0 Å². The van der Waals surface area contributed by atoms with Crippen LogP contribution in [0.25, 0.3) is 5.52 Å².